The van der Waals surface area contributed by atoms with Crippen LogP contribution >= 0.6 is 12.4 Å². The molecule has 0 aromatic carbocycles. The molecule has 1 amide bonds. The van der Waals surface area contributed by atoms with Gasteiger partial charge in [-0.1, -0.05) is 18.0 Å². The predicted octanol–water partition coefficient (Wildman–Crippen LogP) is 2.09. The molecule has 0 radical (unpaired) electrons. The predicted molar refractivity (Wildman–Crippen MR) is 82.6 cm³/mol. The highest BCUT2D eigenvalue weighted by Gasteiger charge is 2.42. The van der Waals surface area contributed by atoms with E-state index in [2.05, 4.69) is 10.1 Å². The number of halogens is 1. The van der Waals surface area contributed by atoms with E-state index in [0.29, 0.717) is 24.2 Å². The standard InChI is InChI=1S/C15H22N4O2.ClH/c16-15(6-3-7-15)14-17-13(21-18-14)10-8-12(20)19(9-10)11-4-1-2-5-11;/h10-11H,1-9,16H2;1H. The smallest absolute Gasteiger partial charge is 0.232 e. The first-order valence-corrected chi connectivity index (χ1v) is 8.08. The van der Waals surface area contributed by atoms with Crippen molar-refractivity contribution in [2.75, 3.05) is 6.54 Å². The molecule has 0 spiro atoms. The van der Waals surface area contributed by atoms with Crippen LogP contribution in [0, 0.1) is 0 Å². The quantitative estimate of drug-likeness (QED) is 0.919. The van der Waals surface area contributed by atoms with E-state index in [0.717, 1.165) is 38.6 Å². The van der Waals surface area contributed by atoms with Crippen molar-refractivity contribution < 1.29 is 9.32 Å². The number of likely N-dealkylation sites (tertiary alicyclic amines) is 1. The van der Waals surface area contributed by atoms with Crippen LogP contribution in [0.15, 0.2) is 4.52 Å². The number of carbonyl (C=O) groups is 1. The average molecular weight is 327 g/mol. The zero-order chi connectivity index (χ0) is 14.4. The molecule has 2 N–H and O–H groups in total. The molecule has 6 nitrogen and oxygen atoms in total. The summed E-state index contributed by atoms with van der Waals surface area (Å²) in [4.78, 5) is 18.8. The van der Waals surface area contributed by atoms with Crippen LogP contribution in [0.25, 0.3) is 0 Å². The number of nitrogens with zero attached hydrogens (tertiary/aromatic N) is 3. The highest BCUT2D eigenvalue weighted by atomic mass is 35.5. The number of hydrogen-bond donors (Lipinski definition) is 1. The molecule has 7 heteroatoms. The first kappa shape index (κ1) is 15.7. The van der Waals surface area contributed by atoms with Gasteiger partial charge in [0.25, 0.3) is 0 Å². The lowest BCUT2D eigenvalue weighted by Crippen LogP contribution is -2.44. The van der Waals surface area contributed by atoms with E-state index < -0.39 is 5.54 Å². The molecular formula is C15H23ClN4O2. The maximum absolute atomic E-state index is 12.2. The molecule has 1 atom stereocenters. The summed E-state index contributed by atoms with van der Waals surface area (Å²) in [5.41, 5.74) is 5.83. The Kier molecular flexibility index (Phi) is 4.16. The molecule has 1 aliphatic heterocycles. The van der Waals surface area contributed by atoms with Crippen LogP contribution in [0.2, 0.25) is 0 Å². The minimum atomic E-state index is -0.393. The molecule has 122 valence electrons. The van der Waals surface area contributed by atoms with E-state index in [-0.39, 0.29) is 24.2 Å². The van der Waals surface area contributed by atoms with Crippen molar-refractivity contribution in [3.05, 3.63) is 11.7 Å². The van der Waals surface area contributed by atoms with Gasteiger partial charge in [-0.25, -0.2) is 0 Å². The summed E-state index contributed by atoms with van der Waals surface area (Å²) in [6, 6.07) is 0.428. The van der Waals surface area contributed by atoms with Crippen molar-refractivity contribution in [3.63, 3.8) is 0 Å². The van der Waals surface area contributed by atoms with Crippen molar-refractivity contribution >= 4 is 18.3 Å². The molecule has 0 bridgehead atoms. The number of amides is 1. The van der Waals surface area contributed by atoms with Crippen LogP contribution in [0.5, 0.6) is 0 Å². The number of aromatic nitrogens is 2. The van der Waals surface area contributed by atoms with Gasteiger partial charge in [0.05, 0.1) is 11.5 Å². The Bertz CT molecular complexity index is 551. The second kappa shape index (κ2) is 5.81. The third-order valence-corrected chi connectivity index (χ3v) is 5.41. The SMILES string of the molecule is Cl.NC1(c2noc(C3CC(=O)N(C4CCCC4)C3)n2)CCC1. The molecule has 1 saturated heterocycles. The minimum absolute atomic E-state index is 0. The third-order valence-electron chi connectivity index (χ3n) is 5.41. The molecule has 2 saturated carbocycles. The van der Waals surface area contributed by atoms with Crippen molar-refractivity contribution in [3.8, 4) is 0 Å². The van der Waals surface area contributed by atoms with E-state index >= 15 is 0 Å². The van der Waals surface area contributed by atoms with E-state index in [9.17, 15) is 4.79 Å². The summed E-state index contributed by atoms with van der Waals surface area (Å²) in [6.07, 6.45) is 8.21. The number of rotatable bonds is 3. The number of hydrogen-bond acceptors (Lipinski definition) is 5. The molecule has 3 aliphatic rings. The van der Waals surface area contributed by atoms with Crippen molar-refractivity contribution in [1.82, 2.24) is 15.0 Å². The Morgan fingerprint density at radius 2 is 1.95 bits per heavy atom. The largest absolute Gasteiger partial charge is 0.339 e. The fraction of sp³-hybridized carbons (Fsp3) is 0.800. The lowest BCUT2D eigenvalue weighted by molar-refractivity contribution is -0.129. The summed E-state index contributed by atoms with van der Waals surface area (Å²) >= 11 is 0. The van der Waals surface area contributed by atoms with Gasteiger partial charge >= 0.3 is 0 Å². The van der Waals surface area contributed by atoms with Crippen molar-refractivity contribution in [2.24, 2.45) is 5.73 Å². The van der Waals surface area contributed by atoms with Crippen LogP contribution in [0.4, 0.5) is 0 Å². The van der Waals surface area contributed by atoms with Gasteiger partial charge in [0.15, 0.2) is 5.82 Å². The van der Waals surface area contributed by atoms with Crippen molar-refractivity contribution in [1.29, 1.82) is 0 Å². The lowest BCUT2D eigenvalue weighted by Gasteiger charge is -2.34. The first-order chi connectivity index (χ1) is 10.2. The van der Waals surface area contributed by atoms with E-state index in [1.807, 2.05) is 4.90 Å². The summed E-state index contributed by atoms with van der Waals surface area (Å²) in [5.74, 6) is 1.49. The van der Waals surface area contributed by atoms with Gasteiger partial charge in [-0.15, -0.1) is 12.4 Å². The second-order valence-corrected chi connectivity index (χ2v) is 6.85. The van der Waals surface area contributed by atoms with E-state index in [1.54, 1.807) is 0 Å². The Morgan fingerprint density at radius 3 is 2.59 bits per heavy atom. The summed E-state index contributed by atoms with van der Waals surface area (Å²) in [7, 11) is 0. The molecular weight excluding hydrogens is 304 g/mol. The molecule has 2 aliphatic carbocycles. The van der Waals surface area contributed by atoms with Gasteiger partial charge in [-0.3, -0.25) is 4.79 Å². The average Bonchev–Trinajstić information content (AvgIpc) is 3.15. The van der Waals surface area contributed by atoms with Gasteiger partial charge in [-0.05, 0) is 32.1 Å². The Labute approximate surface area is 136 Å². The third kappa shape index (κ3) is 2.52. The molecule has 22 heavy (non-hydrogen) atoms. The van der Waals surface area contributed by atoms with Crippen LogP contribution in [0.1, 0.15) is 69.0 Å². The van der Waals surface area contributed by atoms with Crippen LogP contribution in [0.3, 0.4) is 0 Å². The van der Waals surface area contributed by atoms with Crippen LogP contribution in [-0.2, 0) is 10.3 Å². The second-order valence-electron chi connectivity index (χ2n) is 6.85. The Balaban J connectivity index is 0.00000144. The molecule has 1 aromatic rings. The fourth-order valence-corrected chi connectivity index (χ4v) is 3.85. The van der Waals surface area contributed by atoms with Crippen LogP contribution < -0.4 is 5.73 Å². The maximum atomic E-state index is 12.2. The Hall–Kier alpha value is -1.14. The fourth-order valence-electron chi connectivity index (χ4n) is 3.85. The maximum Gasteiger partial charge on any atom is 0.232 e. The zero-order valence-corrected chi connectivity index (χ0v) is 13.5. The monoisotopic (exact) mass is 326 g/mol. The highest BCUT2D eigenvalue weighted by molar-refractivity contribution is 5.85. The summed E-state index contributed by atoms with van der Waals surface area (Å²) < 4.78 is 5.41. The van der Waals surface area contributed by atoms with Gasteiger partial charge < -0.3 is 15.2 Å². The molecule has 1 unspecified atom stereocenters. The first-order valence-electron chi connectivity index (χ1n) is 8.08. The highest BCUT2D eigenvalue weighted by Crippen LogP contribution is 2.38. The van der Waals surface area contributed by atoms with Crippen LogP contribution in [-0.4, -0.2) is 33.5 Å². The van der Waals surface area contributed by atoms with Gasteiger partial charge in [0.1, 0.15) is 0 Å². The Morgan fingerprint density at radius 1 is 1.23 bits per heavy atom. The minimum Gasteiger partial charge on any atom is -0.339 e. The lowest BCUT2D eigenvalue weighted by atomic mass is 9.77. The molecule has 4 rings (SSSR count). The van der Waals surface area contributed by atoms with Crippen molar-refractivity contribution in [2.45, 2.75) is 68.9 Å². The van der Waals surface area contributed by atoms with Gasteiger partial charge in [0, 0.05) is 19.0 Å². The van der Waals surface area contributed by atoms with E-state index in [4.69, 9.17) is 10.3 Å². The van der Waals surface area contributed by atoms with E-state index in [1.165, 1.54) is 12.8 Å². The molecule has 1 aromatic heterocycles. The molecule has 3 fully saturated rings. The molecule has 2 heterocycles. The topological polar surface area (TPSA) is 85.2 Å². The van der Waals surface area contributed by atoms with Gasteiger partial charge in [-0.2, -0.15) is 4.98 Å². The van der Waals surface area contributed by atoms with Gasteiger partial charge in [0.2, 0.25) is 11.8 Å². The number of nitrogens with two attached hydrogens (primary N) is 1. The number of carbonyl (C=O) groups excluding carboxylic acids is 1. The summed E-state index contributed by atoms with van der Waals surface area (Å²) in [5, 5.41) is 4.06. The normalized spacial score (nSPS) is 27.8. The summed E-state index contributed by atoms with van der Waals surface area (Å²) in [6.45, 7) is 0.725. The zero-order valence-electron chi connectivity index (χ0n) is 12.7.